The molecule has 0 saturated carbocycles. The third kappa shape index (κ3) is 4.24. The van der Waals surface area contributed by atoms with Gasteiger partial charge < -0.3 is 14.5 Å². The average Bonchev–Trinajstić information content (AvgIpc) is 3.38. The number of hydrogen-bond donors (Lipinski definition) is 1. The molecule has 0 unspecified atom stereocenters. The van der Waals surface area contributed by atoms with Crippen molar-refractivity contribution in [2.75, 3.05) is 24.6 Å². The Balaban J connectivity index is 1.56. The fourth-order valence-corrected chi connectivity index (χ4v) is 3.67. The topological polar surface area (TPSA) is 67.6 Å². The molecule has 1 aromatic heterocycles. The molecule has 6 heteroatoms. The molecule has 156 valence electrons. The average molecular weight is 405 g/mol. The molecule has 0 atom stereocenters. The Hall–Kier alpha value is -3.12. The number of urea groups is 1. The SMILES string of the molecule is CCOCc1ccc(C)c(Cc2ncc(-c3ccc(C)c(N4CCNC4=O)c3)o2)c1. The van der Waals surface area contributed by atoms with Gasteiger partial charge in [-0.3, -0.25) is 4.90 Å². The Kier molecular flexibility index (Phi) is 5.86. The molecule has 2 heterocycles. The van der Waals surface area contributed by atoms with Gasteiger partial charge in [-0.25, -0.2) is 9.78 Å². The molecule has 1 fully saturated rings. The summed E-state index contributed by atoms with van der Waals surface area (Å²) < 4.78 is 11.6. The molecule has 1 aliphatic heterocycles. The van der Waals surface area contributed by atoms with E-state index in [1.807, 2.05) is 32.0 Å². The van der Waals surface area contributed by atoms with E-state index in [0.717, 1.165) is 22.4 Å². The molecule has 0 radical (unpaired) electrons. The first-order valence-corrected chi connectivity index (χ1v) is 10.3. The molecule has 1 aliphatic rings. The monoisotopic (exact) mass is 405 g/mol. The number of benzene rings is 2. The second-order valence-corrected chi connectivity index (χ2v) is 7.58. The van der Waals surface area contributed by atoms with Crippen LogP contribution in [0, 0.1) is 13.8 Å². The summed E-state index contributed by atoms with van der Waals surface area (Å²) in [6.07, 6.45) is 2.38. The van der Waals surface area contributed by atoms with Crippen molar-refractivity contribution < 1.29 is 13.9 Å². The van der Waals surface area contributed by atoms with Crippen molar-refractivity contribution in [1.82, 2.24) is 10.3 Å². The molecule has 1 N–H and O–H groups in total. The Morgan fingerprint density at radius 2 is 2.00 bits per heavy atom. The van der Waals surface area contributed by atoms with Gasteiger partial charge in [0.05, 0.1) is 12.8 Å². The largest absolute Gasteiger partial charge is 0.440 e. The molecular weight excluding hydrogens is 378 g/mol. The van der Waals surface area contributed by atoms with E-state index in [4.69, 9.17) is 9.15 Å². The Bertz CT molecular complexity index is 1060. The number of nitrogens with zero attached hydrogens (tertiary/aromatic N) is 2. The number of rotatable bonds is 7. The van der Waals surface area contributed by atoms with E-state index in [-0.39, 0.29) is 6.03 Å². The highest BCUT2D eigenvalue weighted by molar-refractivity contribution is 5.95. The quantitative estimate of drug-likeness (QED) is 0.623. The van der Waals surface area contributed by atoms with E-state index in [9.17, 15) is 4.79 Å². The molecule has 0 bridgehead atoms. The maximum absolute atomic E-state index is 12.1. The summed E-state index contributed by atoms with van der Waals surface area (Å²) in [6.45, 7) is 8.74. The third-order valence-electron chi connectivity index (χ3n) is 5.42. The van der Waals surface area contributed by atoms with Crippen molar-refractivity contribution >= 4 is 11.7 Å². The number of nitrogens with one attached hydrogen (secondary N) is 1. The van der Waals surface area contributed by atoms with Crippen molar-refractivity contribution in [3.8, 4) is 11.3 Å². The summed E-state index contributed by atoms with van der Waals surface area (Å²) in [6, 6.07) is 12.3. The number of oxazole rings is 1. The highest BCUT2D eigenvalue weighted by Gasteiger charge is 2.23. The van der Waals surface area contributed by atoms with Gasteiger partial charge in [0.2, 0.25) is 0 Å². The number of carbonyl (C=O) groups excluding carboxylic acids is 1. The predicted octanol–water partition coefficient (Wildman–Crippen LogP) is 4.62. The van der Waals surface area contributed by atoms with Gasteiger partial charge in [0.1, 0.15) is 0 Å². The van der Waals surface area contributed by atoms with Crippen LogP contribution in [0.4, 0.5) is 10.5 Å². The molecule has 1 saturated heterocycles. The first-order chi connectivity index (χ1) is 14.5. The number of hydrogen-bond acceptors (Lipinski definition) is 4. The number of carbonyl (C=O) groups is 1. The molecule has 2 amide bonds. The minimum Gasteiger partial charge on any atom is -0.440 e. The lowest BCUT2D eigenvalue weighted by atomic mass is 10.0. The van der Waals surface area contributed by atoms with Crippen molar-refractivity contribution in [2.24, 2.45) is 0 Å². The second-order valence-electron chi connectivity index (χ2n) is 7.58. The molecule has 6 nitrogen and oxygen atoms in total. The molecule has 4 rings (SSSR count). The smallest absolute Gasteiger partial charge is 0.322 e. The third-order valence-corrected chi connectivity index (χ3v) is 5.42. The second kappa shape index (κ2) is 8.71. The summed E-state index contributed by atoms with van der Waals surface area (Å²) in [5.41, 5.74) is 6.40. The number of aryl methyl sites for hydroxylation is 2. The fourth-order valence-electron chi connectivity index (χ4n) is 3.67. The van der Waals surface area contributed by atoms with Crippen LogP contribution in [0.2, 0.25) is 0 Å². The zero-order valence-corrected chi connectivity index (χ0v) is 17.7. The van der Waals surface area contributed by atoms with Gasteiger partial charge in [0.15, 0.2) is 11.7 Å². The highest BCUT2D eigenvalue weighted by Crippen LogP contribution is 2.30. The van der Waals surface area contributed by atoms with Crippen LogP contribution in [-0.2, 0) is 17.8 Å². The normalized spacial score (nSPS) is 13.7. The van der Waals surface area contributed by atoms with Crippen LogP contribution in [0.1, 0.15) is 35.1 Å². The summed E-state index contributed by atoms with van der Waals surface area (Å²) in [7, 11) is 0. The number of ether oxygens (including phenoxy) is 1. The zero-order valence-electron chi connectivity index (χ0n) is 17.7. The van der Waals surface area contributed by atoms with Gasteiger partial charge in [-0.15, -0.1) is 0 Å². The van der Waals surface area contributed by atoms with Gasteiger partial charge >= 0.3 is 6.03 Å². The summed E-state index contributed by atoms with van der Waals surface area (Å²) in [5.74, 6) is 1.37. The van der Waals surface area contributed by atoms with Crippen molar-refractivity contribution in [3.63, 3.8) is 0 Å². The minimum atomic E-state index is -0.0593. The fraction of sp³-hybridized carbons (Fsp3) is 0.333. The van der Waals surface area contributed by atoms with E-state index in [2.05, 4.69) is 35.4 Å². The van der Waals surface area contributed by atoms with Crippen LogP contribution in [0.5, 0.6) is 0 Å². The van der Waals surface area contributed by atoms with Crippen molar-refractivity contribution in [1.29, 1.82) is 0 Å². The Labute approximate surface area is 176 Å². The number of amides is 2. The standard InChI is InChI=1S/C24H27N3O3/c1-4-29-15-18-7-5-16(2)20(11-18)13-23-26-14-22(30-23)19-8-6-17(3)21(12-19)27-10-9-25-24(27)28/h5-8,11-12,14H,4,9-10,13,15H2,1-3H3,(H,25,28). The first kappa shape index (κ1) is 20.2. The lowest BCUT2D eigenvalue weighted by Crippen LogP contribution is -2.28. The lowest BCUT2D eigenvalue weighted by molar-refractivity contribution is 0.134. The minimum absolute atomic E-state index is 0.0593. The van der Waals surface area contributed by atoms with Crippen LogP contribution < -0.4 is 10.2 Å². The molecule has 2 aromatic carbocycles. The maximum atomic E-state index is 12.1. The molecule has 30 heavy (non-hydrogen) atoms. The van der Waals surface area contributed by atoms with Gasteiger partial charge in [-0.1, -0.05) is 30.3 Å². The summed E-state index contributed by atoms with van der Waals surface area (Å²) in [4.78, 5) is 18.3. The summed E-state index contributed by atoms with van der Waals surface area (Å²) >= 11 is 0. The van der Waals surface area contributed by atoms with E-state index in [0.29, 0.717) is 44.4 Å². The van der Waals surface area contributed by atoms with E-state index >= 15 is 0 Å². The highest BCUT2D eigenvalue weighted by atomic mass is 16.5. The van der Waals surface area contributed by atoms with Gasteiger partial charge in [-0.2, -0.15) is 0 Å². The summed E-state index contributed by atoms with van der Waals surface area (Å²) in [5, 5.41) is 2.85. The molecular formula is C24H27N3O3. The van der Waals surface area contributed by atoms with Crippen LogP contribution in [0.3, 0.4) is 0 Å². The molecule has 0 spiro atoms. The maximum Gasteiger partial charge on any atom is 0.322 e. The lowest BCUT2D eigenvalue weighted by Gasteiger charge is -2.17. The van der Waals surface area contributed by atoms with Crippen LogP contribution >= 0.6 is 0 Å². The van der Waals surface area contributed by atoms with E-state index in [1.165, 1.54) is 11.1 Å². The zero-order chi connectivity index (χ0) is 21.1. The van der Waals surface area contributed by atoms with Crippen molar-refractivity contribution in [2.45, 2.75) is 33.8 Å². The van der Waals surface area contributed by atoms with Crippen LogP contribution in [-0.4, -0.2) is 30.7 Å². The van der Waals surface area contributed by atoms with Crippen LogP contribution in [0.15, 0.2) is 47.0 Å². The number of aromatic nitrogens is 1. The van der Waals surface area contributed by atoms with Gasteiger partial charge in [-0.05, 0) is 49.1 Å². The number of anilines is 1. The Morgan fingerprint density at radius 1 is 1.17 bits per heavy atom. The molecule has 3 aromatic rings. The van der Waals surface area contributed by atoms with E-state index in [1.54, 1.807) is 11.1 Å². The van der Waals surface area contributed by atoms with Crippen molar-refractivity contribution in [3.05, 3.63) is 70.7 Å². The molecule has 0 aliphatic carbocycles. The van der Waals surface area contributed by atoms with Crippen LogP contribution in [0.25, 0.3) is 11.3 Å². The van der Waals surface area contributed by atoms with E-state index < -0.39 is 0 Å². The first-order valence-electron chi connectivity index (χ1n) is 10.3. The van der Waals surface area contributed by atoms with Gasteiger partial charge in [0.25, 0.3) is 0 Å². The predicted molar refractivity (Wildman–Crippen MR) is 117 cm³/mol. The van der Waals surface area contributed by atoms with Gasteiger partial charge in [0, 0.05) is 37.4 Å². The Morgan fingerprint density at radius 3 is 2.77 bits per heavy atom.